The quantitative estimate of drug-likeness (QED) is 0.644. The molecule has 0 aliphatic rings. The Hall–Kier alpha value is -1.89. The first-order valence-electron chi connectivity index (χ1n) is 4.91. The summed E-state index contributed by atoms with van der Waals surface area (Å²) in [7, 11) is 3.02. The number of hydrogen-bond acceptors (Lipinski definition) is 4. The summed E-state index contributed by atoms with van der Waals surface area (Å²) in [6, 6.07) is 0. The molecule has 7 nitrogen and oxygen atoms in total. The van der Waals surface area contributed by atoms with Gasteiger partial charge in [-0.15, -0.1) is 0 Å². The Kier molecular flexibility index (Phi) is 2.39. The lowest BCUT2D eigenvalue weighted by Crippen LogP contribution is -2.36. The third-order valence-corrected chi connectivity index (χ3v) is 2.52. The number of nitrogens with zero attached hydrogens (tertiary/aromatic N) is 3. The fraction of sp³-hybridized carbons (Fsp3) is 0.444. The van der Waals surface area contributed by atoms with Crippen molar-refractivity contribution < 1.29 is 0 Å². The van der Waals surface area contributed by atoms with E-state index in [1.165, 1.54) is 11.6 Å². The van der Waals surface area contributed by atoms with E-state index in [1.807, 2.05) is 0 Å². The molecule has 0 aromatic carbocycles. The number of hydrogen-bond donors (Lipinski definition) is 2. The van der Waals surface area contributed by atoms with Gasteiger partial charge in [-0.25, -0.2) is 9.78 Å². The Balaban J connectivity index is 2.87. The van der Waals surface area contributed by atoms with Crippen molar-refractivity contribution in [2.75, 3.05) is 6.54 Å². The summed E-state index contributed by atoms with van der Waals surface area (Å²) in [5.74, 6) is 0.621. The Bertz CT molecular complexity index is 648. The van der Waals surface area contributed by atoms with Crippen molar-refractivity contribution in [3.8, 4) is 0 Å². The van der Waals surface area contributed by atoms with E-state index in [0.717, 1.165) is 4.57 Å². The number of rotatable bonds is 2. The zero-order chi connectivity index (χ0) is 11.9. The van der Waals surface area contributed by atoms with E-state index >= 15 is 0 Å². The molecule has 2 heterocycles. The molecule has 0 radical (unpaired) electrons. The molecule has 0 saturated heterocycles. The molecule has 0 aliphatic heterocycles. The first-order chi connectivity index (χ1) is 7.56. The second kappa shape index (κ2) is 3.60. The number of imidazole rings is 1. The van der Waals surface area contributed by atoms with Gasteiger partial charge in [0.25, 0.3) is 5.56 Å². The van der Waals surface area contributed by atoms with Crippen LogP contribution in [0.4, 0.5) is 0 Å². The van der Waals surface area contributed by atoms with Crippen molar-refractivity contribution in [1.29, 1.82) is 0 Å². The van der Waals surface area contributed by atoms with Crippen LogP contribution in [0.5, 0.6) is 0 Å². The van der Waals surface area contributed by atoms with E-state index in [9.17, 15) is 9.59 Å². The van der Waals surface area contributed by atoms with Gasteiger partial charge in [-0.05, 0) is 6.54 Å². The molecule has 16 heavy (non-hydrogen) atoms. The molecule has 3 N–H and O–H groups in total. The Morgan fingerprint density at radius 1 is 1.31 bits per heavy atom. The normalized spacial score (nSPS) is 11.2. The first-order valence-corrected chi connectivity index (χ1v) is 4.91. The van der Waals surface area contributed by atoms with Crippen molar-refractivity contribution in [3.05, 3.63) is 26.7 Å². The van der Waals surface area contributed by atoms with Gasteiger partial charge in [-0.2, -0.15) is 0 Å². The highest BCUT2D eigenvalue weighted by Gasteiger charge is 2.12. The van der Waals surface area contributed by atoms with Crippen LogP contribution in [0.2, 0.25) is 0 Å². The van der Waals surface area contributed by atoms with Crippen LogP contribution in [0.3, 0.4) is 0 Å². The SMILES string of the molecule is Cn1c(=O)c2[nH]c(CCN)nc2n(C)c1=O. The second-order valence-corrected chi connectivity index (χ2v) is 3.63. The maximum atomic E-state index is 11.8. The minimum Gasteiger partial charge on any atom is -0.336 e. The molecular formula is C9H13N5O2. The number of nitrogens with two attached hydrogens (primary N) is 1. The van der Waals surface area contributed by atoms with Crippen LogP contribution < -0.4 is 17.0 Å². The van der Waals surface area contributed by atoms with Crippen molar-refractivity contribution in [2.24, 2.45) is 19.8 Å². The molecule has 0 aliphatic carbocycles. The van der Waals surface area contributed by atoms with Crippen molar-refractivity contribution in [3.63, 3.8) is 0 Å². The maximum absolute atomic E-state index is 11.8. The van der Waals surface area contributed by atoms with Gasteiger partial charge in [-0.3, -0.25) is 13.9 Å². The summed E-state index contributed by atoms with van der Waals surface area (Å²) in [6.45, 7) is 0.439. The number of H-pyrrole nitrogens is 1. The molecule has 2 aromatic heterocycles. The van der Waals surface area contributed by atoms with Crippen molar-refractivity contribution in [2.45, 2.75) is 6.42 Å². The molecule has 0 bridgehead atoms. The van der Waals surface area contributed by atoms with Gasteiger partial charge in [-0.1, -0.05) is 0 Å². The predicted molar refractivity (Wildman–Crippen MR) is 59.3 cm³/mol. The van der Waals surface area contributed by atoms with E-state index in [0.29, 0.717) is 30.0 Å². The van der Waals surface area contributed by atoms with E-state index < -0.39 is 0 Å². The topological polar surface area (TPSA) is 98.7 Å². The molecule has 7 heteroatoms. The van der Waals surface area contributed by atoms with E-state index in [-0.39, 0.29) is 11.2 Å². The molecule has 2 rings (SSSR count). The largest absolute Gasteiger partial charge is 0.336 e. The fourth-order valence-corrected chi connectivity index (χ4v) is 1.63. The fourth-order valence-electron chi connectivity index (χ4n) is 1.63. The van der Waals surface area contributed by atoms with Gasteiger partial charge in [0, 0.05) is 20.5 Å². The molecular weight excluding hydrogens is 210 g/mol. The minimum absolute atomic E-state index is 0.341. The number of nitrogens with one attached hydrogen (secondary N) is 1. The highest BCUT2D eigenvalue weighted by atomic mass is 16.2. The summed E-state index contributed by atoms with van der Waals surface area (Å²) in [5.41, 5.74) is 5.37. The second-order valence-electron chi connectivity index (χ2n) is 3.63. The van der Waals surface area contributed by atoms with Gasteiger partial charge >= 0.3 is 5.69 Å². The van der Waals surface area contributed by atoms with Gasteiger partial charge < -0.3 is 10.7 Å². The van der Waals surface area contributed by atoms with E-state index in [4.69, 9.17) is 5.73 Å². The molecule has 0 atom stereocenters. The highest BCUT2D eigenvalue weighted by Crippen LogP contribution is 2.03. The maximum Gasteiger partial charge on any atom is 0.332 e. The van der Waals surface area contributed by atoms with Crippen LogP contribution in [-0.2, 0) is 20.5 Å². The standard InChI is InChI=1S/C9H13N5O2/c1-13-7-6(8(15)14(2)9(13)16)11-5(12-7)3-4-10/h3-4,10H2,1-2H3,(H,11,12). The molecule has 0 amide bonds. The Morgan fingerprint density at radius 2 is 2.00 bits per heavy atom. The van der Waals surface area contributed by atoms with Crippen LogP contribution >= 0.6 is 0 Å². The number of aromatic amines is 1. The molecule has 0 fully saturated rings. The summed E-state index contributed by atoms with van der Waals surface area (Å²) in [4.78, 5) is 30.5. The average Bonchev–Trinajstić information content (AvgIpc) is 2.68. The van der Waals surface area contributed by atoms with Gasteiger partial charge in [0.15, 0.2) is 5.65 Å². The van der Waals surface area contributed by atoms with Gasteiger partial charge in [0.05, 0.1) is 0 Å². The van der Waals surface area contributed by atoms with Gasteiger partial charge in [0.2, 0.25) is 0 Å². The van der Waals surface area contributed by atoms with Crippen LogP contribution in [0.1, 0.15) is 5.82 Å². The van der Waals surface area contributed by atoms with Crippen molar-refractivity contribution >= 4 is 11.2 Å². The third kappa shape index (κ3) is 1.36. The number of fused-ring (bicyclic) bond motifs is 1. The molecule has 86 valence electrons. The zero-order valence-electron chi connectivity index (χ0n) is 9.15. The van der Waals surface area contributed by atoms with Crippen LogP contribution in [-0.4, -0.2) is 25.6 Å². The Labute approximate surface area is 90.5 Å². The summed E-state index contributed by atoms with van der Waals surface area (Å²) in [5, 5.41) is 0. The smallest absolute Gasteiger partial charge is 0.332 e. The minimum atomic E-state index is -0.386. The van der Waals surface area contributed by atoms with Crippen LogP contribution in [0.15, 0.2) is 9.59 Å². The summed E-state index contributed by atoms with van der Waals surface area (Å²) >= 11 is 0. The summed E-state index contributed by atoms with van der Waals surface area (Å²) in [6.07, 6.45) is 0.548. The Morgan fingerprint density at radius 3 is 2.62 bits per heavy atom. The van der Waals surface area contributed by atoms with Crippen LogP contribution in [0, 0.1) is 0 Å². The zero-order valence-corrected chi connectivity index (χ0v) is 9.15. The van der Waals surface area contributed by atoms with Gasteiger partial charge in [0.1, 0.15) is 11.3 Å². The van der Waals surface area contributed by atoms with E-state index in [1.54, 1.807) is 7.05 Å². The molecule has 2 aromatic rings. The molecule has 0 saturated carbocycles. The van der Waals surface area contributed by atoms with Crippen LogP contribution in [0.25, 0.3) is 11.2 Å². The highest BCUT2D eigenvalue weighted by molar-refractivity contribution is 5.69. The number of aryl methyl sites for hydroxylation is 1. The lowest BCUT2D eigenvalue weighted by atomic mass is 10.4. The molecule has 0 spiro atoms. The monoisotopic (exact) mass is 223 g/mol. The predicted octanol–water partition coefficient (Wildman–Crippen LogP) is -1.54. The number of aromatic nitrogens is 4. The first kappa shape index (κ1) is 10.6. The lowest BCUT2D eigenvalue weighted by Gasteiger charge is -2.00. The average molecular weight is 223 g/mol. The van der Waals surface area contributed by atoms with E-state index in [2.05, 4.69) is 9.97 Å². The van der Waals surface area contributed by atoms with Crippen molar-refractivity contribution in [1.82, 2.24) is 19.1 Å². The third-order valence-electron chi connectivity index (χ3n) is 2.52. The summed E-state index contributed by atoms with van der Waals surface area (Å²) < 4.78 is 2.39. The molecule has 0 unspecified atom stereocenters. The lowest BCUT2D eigenvalue weighted by molar-refractivity contribution is 0.708.